The first-order valence-corrected chi connectivity index (χ1v) is 6.84. The van der Waals surface area contributed by atoms with Crippen LogP contribution in [0.2, 0.25) is 0 Å². The van der Waals surface area contributed by atoms with E-state index in [1.165, 1.54) is 19.0 Å². The van der Waals surface area contributed by atoms with E-state index in [1.54, 1.807) is 0 Å². The molecule has 0 bridgehead atoms. The van der Waals surface area contributed by atoms with Gasteiger partial charge < -0.3 is 4.90 Å². The SMILES string of the molecule is CN(C)C(=O)CS(=O)CC(=O)c1c(F)cccc1F. The predicted molar refractivity (Wildman–Crippen MR) is 67.3 cm³/mol. The molecule has 0 aliphatic heterocycles. The van der Waals surface area contributed by atoms with Gasteiger partial charge in [0.15, 0.2) is 5.78 Å². The summed E-state index contributed by atoms with van der Waals surface area (Å²) in [6, 6.07) is 3.03. The van der Waals surface area contributed by atoms with Crippen LogP contribution >= 0.6 is 0 Å². The van der Waals surface area contributed by atoms with Crippen LogP contribution in [-0.4, -0.2) is 46.4 Å². The number of hydrogen-bond acceptors (Lipinski definition) is 3. The van der Waals surface area contributed by atoms with Crippen LogP contribution < -0.4 is 0 Å². The van der Waals surface area contributed by atoms with Crippen LogP contribution in [0.1, 0.15) is 10.4 Å². The molecule has 1 aromatic rings. The Bertz CT molecular complexity index is 511. The zero-order chi connectivity index (χ0) is 14.6. The maximum atomic E-state index is 13.3. The first-order chi connectivity index (χ1) is 8.82. The molecule has 0 N–H and O–H groups in total. The van der Waals surface area contributed by atoms with Crippen molar-refractivity contribution in [1.29, 1.82) is 0 Å². The Kier molecular flexibility index (Phi) is 5.29. The molecule has 0 saturated heterocycles. The summed E-state index contributed by atoms with van der Waals surface area (Å²) in [6.45, 7) is 0. The molecule has 104 valence electrons. The number of amides is 1. The zero-order valence-corrected chi connectivity index (χ0v) is 11.3. The first-order valence-electron chi connectivity index (χ1n) is 5.35. The van der Waals surface area contributed by atoms with Gasteiger partial charge in [0, 0.05) is 24.9 Å². The van der Waals surface area contributed by atoms with Gasteiger partial charge in [0.1, 0.15) is 17.4 Å². The molecule has 0 spiro atoms. The topological polar surface area (TPSA) is 54.5 Å². The summed E-state index contributed by atoms with van der Waals surface area (Å²) < 4.78 is 38.2. The number of benzene rings is 1. The molecule has 0 fully saturated rings. The summed E-state index contributed by atoms with van der Waals surface area (Å²) >= 11 is 0. The summed E-state index contributed by atoms with van der Waals surface area (Å²) in [5.74, 6) is -4.27. The molecule has 0 aromatic heterocycles. The summed E-state index contributed by atoms with van der Waals surface area (Å²) in [4.78, 5) is 24.2. The average molecular weight is 289 g/mol. The van der Waals surface area contributed by atoms with Crippen LogP contribution in [0.15, 0.2) is 18.2 Å². The van der Waals surface area contributed by atoms with Gasteiger partial charge in [-0.05, 0) is 12.1 Å². The lowest BCUT2D eigenvalue weighted by Crippen LogP contribution is -2.29. The molecule has 0 aliphatic carbocycles. The second-order valence-electron chi connectivity index (χ2n) is 4.04. The Labute approximate surface area is 111 Å². The Morgan fingerprint density at radius 1 is 1.16 bits per heavy atom. The maximum absolute atomic E-state index is 13.3. The lowest BCUT2D eigenvalue weighted by molar-refractivity contribution is -0.125. The van der Waals surface area contributed by atoms with Gasteiger partial charge in [-0.1, -0.05) is 6.07 Å². The van der Waals surface area contributed by atoms with E-state index in [0.29, 0.717) is 0 Å². The van der Waals surface area contributed by atoms with E-state index >= 15 is 0 Å². The van der Waals surface area contributed by atoms with Gasteiger partial charge in [0.25, 0.3) is 0 Å². The van der Waals surface area contributed by atoms with Crippen LogP contribution in [0.3, 0.4) is 0 Å². The van der Waals surface area contributed by atoms with Gasteiger partial charge in [-0.25, -0.2) is 8.78 Å². The molecule has 0 saturated carbocycles. The van der Waals surface area contributed by atoms with Crippen LogP contribution in [0.25, 0.3) is 0 Å². The monoisotopic (exact) mass is 289 g/mol. The zero-order valence-electron chi connectivity index (χ0n) is 10.5. The van der Waals surface area contributed by atoms with E-state index in [9.17, 15) is 22.6 Å². The number of carbonyl (C=O) groups excluding carboxylic acids is 2. The number of rotatable bonds is 5. The third-order valence-corrected chi connectivity index (χ3v) is 3.47. The molecule has 19 heavy (non-hydrogen) atoms. The maximum Gasteiger partial charge on any atom is 0.234 e. The standard InChI is InChI=1S/C12H13F2NO3S/c1-15(2)11(17)7-19(18)6-10(16)12-8(13)4-3-5-9(12)14/h3-5H,6-7H2,1-2H3. The van der Waals surface area contributed by atoms with E-state index < -0.39 is 45.4 Å². The summed E-state index contributed by atoms with van der Waals surface area (Å²) in [5.41, 5.74) is -0.715. The Morgan fingerprint density at radius 3 is 2.16 bits per heavy atom. The van der Waals surface area contributed by atoms with E-state index in [0.717, 1.165) is 18.2 Å². The number of halogens is 2. The molecule has 0 radical (unpaired) electrons. The lowest BCUT2D eigenvalue weighted by atomic mass is 10.1. The largest absolute Gasteiger partial charge is 0.348 e. The summed E-state index contributed by atoms with van der Waals surface area (Å²) in [6.07, 6.45) is 0. The summed E-state index contributed by atoms with van der Waals surface area (Å²) in [7, 11) is 1.18. The number of ketones is 1. The van der Waals surface area contributed by atoms with Gasteiger partial charge in [0.05, 0.1) is 11.3 Å². The second kappa shape index (κ2) is 6.51. The fourth-order valence-corrected chi connectivity index (χ4v) is 2.37. The normalized spacial score (nSPS) is 12.0. The molecule has 1 rings (SSSR count). The smallest absolute Gasteiger partial charge is 0.234 e. The van der Waals surface area contributed by atoms with Crippen LogP contribution in [0.4, 0.5) is 8.78 Å². The Balaban J connectivity index is 2.75. The molecule has 1 aromatic carbocycles. The molecular formula is C12H13F2NO3S. The Morgan fingerprint density at radius 2 is 1.68 bits per heavy atom. The highest BCUT2D eigenvalue weighted by Crippen LogP contribution is 2.13. The van der Waals surface area contributed by atoms with E-state index in [2.05, 4.69) is 0 Å². The van der Waals surface area contributed by atoms with Crippen molar-refractivity contribution >= 4 is 22.5 Å². The highest BCUT2D eigenvalue weighted by Gasteiger charge is 2.20. The third kappa shape index (κ3) is 4.20. The van der Waals surface area contributed by atoms with Gasteiger partial charge in [0.2, 0.25) is 5.91 Å². The summed E-state index contributed by atoms with van der Waals surface area (Å²) in [5, 5.41) is 0. The molecule has 1 unspecified atom stereocenters. The Hall–Kier alpha value is -1.63. The first kappa shape index (κ1) is 15.4. The minimum atomic E-state index is -1.79. The number of hydrogen-bond donors (Lipinski definition) is 0. The molecule has 4 nitrogen and oxygen atoms in total. The van der Waals surface area contributed by atoms with Crippen molar-refractivity contribution in [1.82, 2.24) is 4.90 Å². The number of Topliss-reactive ketones (excluding diaryl/α,β-unsaturated/α-hetero) is 1. The van der Waals surface area contributed by atoms with Gasteiger partial charge in [-0.3, -0.25) is 13.8 Å². The van der Waals surface area contributed by atoms with Crippen molar-refractivity contribution in [2.75, 3.05) is 25.6 Å². The van der Waals surface area contributed by atoms with Crippen molar-refractivity contribution in [3.63, 3.8) is 0 Å². The number of carbonyl (C=O) groups is 2. The van der Waals surface area contributed by atoms with Crippen LogP contribution in [0, 0.1) is 11.6 Å². The van der Waals surface area contributed by atoms with Gasteiger partial charge in [-0.15, -0.1) is 0 Å². The fraction of sp³-hybridized carbons (Fsp3) is 0.333. The van der Waals surface area contributed by atoms with Gasteiger partial charge >= 0.3 is 0 Å². The van der Waals surface area contributed by atoms with Crippen LogP contribution in [0.5, 0.6) is 0 Å². The lowest BCUT2D eigenvalue weighted by Gasteiger charge is -2.09. The fourth-order valence-electron chi connectivity index (χ4n) is 1.30. The minimum Gasteiger partial charge on any atom is -0.348 e. The van der Waals surface area contributed by atoms with Crippen molar-refractivity contribution < 1.29 is 22.6 Å². The molecule has 0 aliphatic rings. The van der Waals surface area contributed by atoms with Crippen molar-refractivity contribution in [2.24, 2.45) is 0 Å². The second-order valence-corrected chi connectivity index (χ2v) is 5.49. The molecular weight excluding hydrogens is 276 g/mol. The van der Waals surface area contributed by atoms with Gasteiger partial charge in [-0.2, -0.15) is 0 Å². The molecule has 1 amide bonds. The quantitative estimate of drug-likeness (QED) is 0.759. The van der Waals surface area contributed by atoms with Crippen molar-refractivity contribution in [2.45, 2.75) is 0 Å². The highest BCUT2D eigenvalue weighted by molar-refractivity contribution is 7.86. The van der Waals surface area contributed by atoms with Crippen LogP contribution in [-0.2, 0) is 15.6 Å². The number of nitrogens with zero attached hydrogens (tertiary/aromatic N) is 1. The predicted octanol–water partition coefficient (Wildman–Crippen LogP) is 0.984. The minimum absolute atomic E-state index is 0.352. The van der Waals surface area contributed by atoms with E-state index in [4.69, 9.17) is 0 Å². The third-order valence-electron chi connectivity index (χ3n) is 2.32. The van der Waals surface area contributed by atoms with Crippen molar-refractivity contribution in [3.05, 3.63) is 35.4 Å². The molecule has 7 heteroatoms. The molecule has 1 atom stereocenters. The van der Waals surface area contributed by atoms with Crippen molar-refractivity contribution in [3.8, 4) is 0 Å². The van der Waals surface area contributed by atoms with E-state index in [-0.39, 0.29) is 5.75 Å². The molecule has 0 heterocycles. The highest BCUT2D eigenvalue weighted by atomic mass is 32.2. The van der Waals surface area contributed by atoms with E-state index in [1.807, 2.05) is 0 Å². The average Bonchev–Trinajstić information content (AvgIpc) is 2.27.